The molecular formula is C24H20ClN3O7S. The number of benzene rings is 3. The van der Waals surface area contributed by atoms with Crippen molar-refractivity contribution in [2.24, 2.45) is 0 Å². The van der Waals surface area contributed by atoms with Gasteiger partial charge in [-0.15, -0.1) is 0 Å². The molecule has 0 aliphatic rings. The lowest BCUT2D eigenvalue weighted by Crippen LogP contribution is -2.32. The van der Waals surface area contributed by atoms with Gasteiger partial charge in [0.2, 0.25) is 16.1 Å². The Morgan fingerprint density at radius 3 is 2.31 bits per heavy atom. The van der Waals surface area contributed by atoms with Crippen molar-refractivity contribution in [3.05, 3.63) is 111 Å². The maximum absolute atomic E-state index is 12.9. The molecule has 186 valence electrons. The number of hydrogen-bond donors (Lipinski definition) is 2. The highest BCUT2D eigenvalue weighted by molar-refractivity contribution is 7.92. The van der Waals surface area contributed by atoms with Crippen molar-refractivity contribution in [1.29, 1.82) is 0 Å². The summed E-state index contributed by atoms with van der Waals surface area (Å²) in [6.45, 7) is -0.732. The number of nitrogens with zero attached hydrogens (tertiary/aromatic N) is 1. The molecule has 12 heteroatoms. The molecule has 0 spiro atoms. The molecule has 3 aromatic carbocycles. The Morgan fingerprint density at radius 2 is 1.67 bits per heavy atom. The molecule has 0 bridgehead atoms. The average molecular weight is 530 g/mol. The summed E-state index contributed by atoms with van der Waals surface area (Å²) < 4.78 is 31.8. The SMILES string of the molecule is O=C(CNS(=O)(=O)/C=C/c1ccccc1)O[C@@H](C(=O)Nc1ccc(Cl)c([N+](=O)[O-])c1)c1ccccc1. The number of hydrogen-bond acceptors (Lipinski definition) is 7. The monoisotopic (exact) mass is 529 g/mol. The third-order valence-electron chi connectivity index (χ3n) is 4.66. The highest BCUT2D eigenvalue weighted by Crippen LogP contribution is 2.28. The van der Waals surface area contributed by atoms with Crippen molar-refractivity contribution in [3.8, 4) is 0 Å². The number of nitro groups is 1. The van der Waals surface area contributed by atoms with Gasteiger partial charge in [-0.05, 0) is 23.8 Å². The summed E-state index contributed by atoms with van der Waals surface area (Å²) in [4.78, 5) is 35.8. The van der Waals surface area contributed by atoms with E-state index < -0.39 is 45.2 Å². The largest absolute Gasteiger partial charge is 0.446 e. The zero-order valence-electron chi connectivity index (χ0n) is 18.5. The van der Waals surface area contributed by atoms with Crippen LogP contribution in [0.15, 0.2) is 84.3 Å². The Hall–Kier alpha value is -4.06. The third kappa shape index (κ3) is 7.73. The van der Waals surface area contributed by atoms with Crippen molar-refractivity contribution in [2.45, 2.75) is 6.10 Å². The molecule has 0 fully saturated rings. The number of nitro benzene ring substituents is 1. The second-order valence-corrected chi connectivity index (χ2v) is 9.33. The minimum absolute atomic E-state index is 0.0554. The summed E-state index contributed by atoms with van der Waals surface area (Å²) >= 11 is 5.80. The number of carbonyl (C=O) groups excluding carboxylic acids is 2. The van der Waals surface area contributed by atoms with E-state index in [4.69, 9.17) is 16.3 Å². The number of amides is 1. The van der Waals surface area contributed by atoms with E-state index in [1.165, 1.54) is 30.3 Å². The van der Waals surface area contributed by atoms with Gasteiger partial charge in [-0.1, -0.05) is 72.3 Å². The molecule has 3 rings (SSSR count). The lowest BCUT2D eigenvalue weighted by atomic mass is 10.1. The molecule has 36 heavy (non-hydrogen) atoms. The summed E-state index contributed by atoms with van der Waals surface area (Å²) in [5, 5.41) is 14.4. The summed E-state index contributed by atoms with van der Waals surface area (Å²) in [6, 6.07) is 20.4. The van der Waals surface area contributed by atoms with Crippen molar-refractivity contribution in [1.82, 2.24) is 4.72 Å². The molecule has 0 radical (unpaired) electrons. The van der Waals surface area contributed by atoms with E-state index in [9.17, 15) is 28.1 Å². The summed E-state index contributed by atoms with van der Waals surface area (Å²) in [7, 11) is -3.97. The third-order valence-corrected chi connectivity index (χ3v) is 6.02. The number of sulfonamides is 1. The van der Waals surface area contributed by atoms with Gasteiger partial charge in [0.25, 0.3) is 11.6 Å². The Labute approximate surface area is 211 Å². The van der Waals surface area contributed by atoms with E-state index in [1.807, 2.05) is 0 Å². The highest BCUT2D eigenvalue weighted by Gasteiger charge is 2.26. The lowest BCUT2D eigenvalue weighted by Gasteiger charge is -2.18. The fourth-order valence-electron chi connectivity index (χ4n) is 2.95. The molecule has 3 aromatic rings. The number of nitrogens with one attached hydrogen (secondary N) is 2. The zero-order chi connectivity index (χ0) is 26.1. The first kappa shape index (κ1) is 26.5. The van der Waals surface area contributed by atoms with Crippen LogP contribution in [0.4, 0.5) is 11.4 Å². The van der Waals surface area contributed by atoms with Gasteiger partial charge in [0.15, 0.2) is 0 Å². The predicted molar refractivity (Wildman–Crippen MR) is 134 cm³/mol. The lowest BCUT2D eigenvalue weighted by molar-refractivity contribution is -0.384. The minimum Gasteiger partial charge on any atom is -0.446 e. The van der Waals surface area contributed by atoms with Gasteiger partial charge in [0.05, 0.1) is 4.92 Å². The maximum atomic E-state index is 12.9. The van der Waals surface area contributed by atoms with Gasteiger partial charge in [0, 0.05) is 22.7 Å². The zero-order valence-corrected chi connectivity index (χ0v) is 20.1. The van der Waals surface area contributed by atoms with Gasteiger partial charge >= 0.3 is 5.97 Å². The van der Waals surface area contributed by atoms with Crippen LogP contribution < -0.4 is 10.0 Å². The van der Waals surface area contributed by atoms with Crippen LogP contribution in [0.5, 0.6) is 0 Å². The second kappa shape index (κ2) is 12.1. The summed E-state index contributed by atoms with van der Waals surface area (Å²) in [5.74, 6) is -1.82. The van der Waals surface area contributed by atoms with Crippen LogP contribution in [0.1, 0.15) is 17.2 Å². The predicted octanol–water partition coefficient (Wildman–Crippen LogP) is 4.06. The molecule has 0 saturated carbocycles. The van der Waals surface area contributed by atoms with E-state index in [0.29, 0.717) is 11.1 Å². The Bertz CT molecular complexity index is 1380. The highest BCUT2D eigenvalue weighted by atomic mass is 35.5. The fraction of sp³-hybridized carbons (Fsp3) is 0.0833. The summed E-state index contributed by atoms with van der Waals surface area (Å²) in [6.07, 6.45) is -0.100. The van der Waals surface area contributed by atoms with Crippen LogP contribution in [0.3, 0.4) is 0 Å². The van der Waals surface area contributed by atoms with Crippen molar-refractivity contribution in [3.63, 3.8) is 0 Å². The summed E-state index contributed by atoms with van der Waals surface area (Å²) in [5.41, 5.74) is 0.591. The average Bonchev–Trinajstić information content (AvgIpc) is 2.87. The van der Waals surface area contributed by atoms with E-state index in [0.717, 1.165) is 11.5 Å². The molecule has 2 N–H and O–H groups in total. The van der Waals surface area contributed by atoms with Crippen LogP contribution >= 0.6 is 11.6 Å². The number of anilines is 1. The molecule has 0 saturated heterocycles. The van der Waals surface area contributed by atoms with Crippen molar-refractivity contribution >= 4 is 51.0 Å². The smallest absolute Gasteiger partial charge is 0.322 e. The van der Waals surface area contributed by atoms with E-state index in [1.54, 1.807) is 48.5 Å². The number of esters is 1. The van der Waals surface area contributed by atoms with Crippen LogP contribution in [0, 0.1) is 10.1 Å². The van der Waals surface area contributed by atoms with Gasteiger partial charge in [0.1, 0.15) is 11.6 Å². The Morgan fingerprint density at radius 1 is 1.03 bits per heavy atom. The van der Waals surface area contributed by atoms with Gasteiger partial charge in [-0.2, -0.15) is 0 Å². The molecule has 0 aromatic heterocycles. The molecule has 1 amide bonds. The number of halogens is 1. The minimum atomic E-state index is -3.97. The molecule has 0 heterocycles. The molecule has 1 atom stereocenters. The number of rotatable bonds is 10. The first-order chi connectivity index (χ1) is 17.1. The number of carbonyl (C=O) groups is 2. The van der Waals surface area contributed by atoms with Crippen molar-refractivity contribution in [2.75, 3.05) is 11.9 Å². The van der Waals surface area contributed by atoms with Crippen LogP contribution in [-0.4, -0.2) is 31.8 Å². The van der Waals surface area contributed by atoms with Crippen LogP contribution in [-0.2, 0) is 24.3 Å². The fourth-order valence-corrected chi connectivity index (χ4v) is 3.89. The number of ether oxygens (including phenoxy) is 1. The topological polar surface area (TPSA) is 145 Å². The van der Waals surface area contributed by atoms with Gasteiger partial charge < -0.3 is 10.1 Å². The Balaban J connectivity index is 1.70. The maximum Gasteiger partial charge on any atom is 0.322 e. The van der Waals surface area contributed by atoms with Crippen LogP contribution in [0.25, 0.3) is 6.08 Å². The molecule has 0 unspecified atom stereocenters. The Kier molecular flexibility index (Phi) is 8.90. The van der Waals surface area contributed by atoms with Gasteiger partial charge in [-0.3, -0.25) is 19.7 Å². The molecule has 0 aliphatic heterocycles. The molecule has 0 aliphatic carbocycles. The van der Waals surface area contributed by atoms with E-state index in [2.05, 4.69) is 10.0 Å². The standard InChI is InChI=1S/C24H20ClN3O7S/c25-20-12-11-19(15-21(20)28(31)32)27-24(30)23(18-9-5-2-6-10-18)35-22(29)16-26-36(33,34)14-13-17-7-3-1-4-8-17/h1-15,23,26H,16H2,(H,27,30)/b14-13+/t23-/m1/s1. The quantitative estimate of drug-likeness (QED) is 0.229. The van der Waals surface area contributed by atoms with Crippen LogP contribution in [0.2, 0.25) is 5.02 Å². The first-order valence-electron chi connectivity index (χ1n) is 10.4. The van der Waals surface area contributed by atoms with E-state index >= 15 is 0 Å². The van der Waals surface area contributed by atoms with Gasteiger partial charge in [-0.25, -0.2) is 13.1 Å². The second-order valence-electron chi connectivity index (χ2n) is 7.27. The van der Waals surface area contributed by atoms with E-state index in [-0.39, 0.29) is 10.7 Å². The molecule has 10 nitrogen and oxygen atoms in total. The first-order valence-corrected chi connectivity index (χ1v) is 12.3. The molecular weight excluding hydrogens is 510 g/mol. The van der Waals surface area contributed by atoms with Crippen molar-refractivity contribution < 1.29 is 27.7 Å². The normalized spacial score (nSPS) is 12.1.